The molecule has 2 aromatic rings. The minimum Gasteiger partial charge on any atom is -0.339 e. The number of rotatable bonds is 7. The lowest BCUT2D eigenvalue weighted by Gasteiger charge is -2.22. The van der Waals surface area contributed by atoms with Crippen molar-refractivity contribution in [1.29, 1.82) is 0 Å². The van der Waals surface area contributed by atoms with Gasteiger partial charge in [0.1, 0.15) is 6.54 Å². The van der Waals surface area contributed by atoms with Crippen LogP contribution in [0.15, 0.2) is 34.7 Å². The van der Waals surface area contributed by atoms with E-state index in [0.29, 0.717) is 10.7 Å². The summed E-state index contributed by atoms with van der Waals surface area (Å²) in [6, 6.07) is 3.66. The number of halogens is 3. The van der Waals surface area contributed by atoms with Crippen LogP contribution in [0.2, 0.25) is 0 Å². The van der Waals surface area contributed by atoms with Crippen LogP contribution >= 0.6 is 11.3 Å². The number of alkyl halides is 3. The molecule has 1 amide bonds. The third kappa shape index (κ3) is 5.20. The second-order valence-corrected chi connectivity index (χ2v) is 5.61. The predicted octanol–water partition coefficient (Wildman–Crippen LogP) is 3.31. The van der Waals surface area contributed by atoms with Crippen LogP contribution in [0.1, 0.15) is 12.3 Å². The number of aryl methyl sites for hydroxylation is 1. The summed E-state index contributed by atoms with van der Waals surface area (Å²) in [6.07, 6.45) is -3.25. The van der Waals surface area contributed by atoms with E-state index in [2.05, 4.69) is 16.7 Å². The van der Waals surface area contributed by atoms with Gasteiger partial charge in [-0.05, 0) is 11.4 Å². The van der Waals surface area contributed by atoms with E-state index in [1.165, 1.54) is 17.4 Å². The Morgan fingerprint density at radius 1 is 1.48 bits per heavy atom. The molecule has 0 saturated heterocycles. The zero-order chi connectivity index (χ0) is 16.9. The normalized spacial score (nSPS) is 11.4. The summed E-state index contributed by atoms with van der Waals surface area (Å²) in [5.74, 6) is -0.0221. The monoisotopic (exact) mass is 345 g/mol. The second-order valence-electron chi connectivity index (χ2n) is 4.67. The van der Waals surface area contributed by atoms with E-state index in [1.807, 2.05) is 17.5 Å². The van der Waals surface area contributed by atoms with Crippen molar-refractivity contribution in [2.24, 2.45) is 0 Å². The van der Waals surface area contributed by atoms with Crippen molar-refractivity contribution in [3.05, 3.63) is 36.1 Å². The lowest BCUT2D eigenvalue weighted by atomic mass is 10.2. The van der Waals surface area contributed by atoms with Crippen molar-refractivity contribution in [3.63, 3.8) is 0 Å². The van der Waals surface area contributed by atoms with Crippen LogP contribution in [0.4, 0.5) is 13.2 Å². The minimum atomic E-state index is -4.45. The van der Waals surface area contributed by atoms with E-state index in [0.717, 1.165) is 4.88 Å². The smallest absolute Gasteiger partial charge is 0.339 e. The molecule has 0 atom stereocenters. The van der Waals surface area contributed by atoms with Crippen LogP contribution in [-0.4, -0.2) is 40.2 Å². The Kier molecular flexibility index (Phi) is 5.54. The average molecular weight is 345 g/mol. The summed E-state index contributed by atoms with van der Waals surface area (Å²) in [7, 11) is 0. The third-order valence-corrected chi connectivity index (χ3v) is 3.70. The van der Waals surface area contributed by atoms with Crippen molar-refractivity contribution in [2.45, 2.75) is 19.0 Å². The molecule has 0 saturated carbocycles. The highest BCUT2D eigenvalue weighted by atomic mass is 32.1. The molecule has 0 bridgehead atoms. The van der Waals surface area contributed by atoms with E-state index < -0.39 is 18.6 Å². The summed E-state index contributed by atoms with van der Waals surface area (Å²) < 4.78 is 42.3. The van der Waals surface area contributed by atoms with Gasteiger partial charge in [-0.25, -0.2) is 0 Å². The van der Waals surface area contributed by atoms with Gasteiger partial charge in [0.25, 0.3) is 0 Å². The zero-order valence-corrected chi connectivity index (χ0v) is 12.9. The van der Waals surface area contributed by atoms with Gasteiger partial charge in [-0.3, -0.25) is 4.79 Å². The number of carbonyl (C=O) groups excluding carboxylic acids is 1. The van der Waals surface area contributed by atoms with E-state index >= 15 is 0 Å². The molecular weight excluding hydrogens is 331 g/mol. The summed E-state index contributed by atoms with van der Waals surface area (Å²) >= 11 is 1.44. The maximum Gasteiger partial charge on any atom is 0.406 e. The van der Waals surface area contributed by atoms with Crippen molar-refractivity contribution < 1.29 is 22.5 Å². The summed E-state index contributed by atoms with van der Waals surface area (Å²) in [5.41, 5.74) is 0. The van der Waals surface area contributed by atoms with Crippen molar-refractivity contribution >= 4 is 17.2 Å². The molecule has 23 heavy (non-hydrogen) atoms. The van der Waals surface area contributed by atoms with Gasteiger partial charge in [0.2, 0.25) is 17.6 Å². The largest absolute Gasteiger partial charge is 0.406 e. The number of carbonyl (C=O) groups is 1. The second kappa shape index (κ2) is 7.40. The highest BCUT2D eigenvalue weighted by Crippen LogP contribution is 2.22. The fourth-order valence-electron chi connectivity index (χ4n) is 1.86. The Balaban J connectivity index is 1.93. The fraction of sp³-hybridized carbons (Fsp3) is 0.357. The van der Waals surface area contributed by atoms with Gasteiger partial charge in [0.05, 0.1) is 4.88 Å². The van der Waals surface area contributed by atoms with Gasteiger partial charge in [-0.1, -0.05) is 17.3 Å². The Morgan fingerprint density at radius 2 is 2.26 bits per heavy atom. The molecule has 2 rings (SSSR count). The molecule has 0 unspecified atom stereocenters. The minimum absolute atomic E-state index is 0.0860. The SMILES string of the molecule is C=CCN(CC(F)(F)F)C(=O)CCc1nc(-c2cccs2)no1. The first kappa shape index (κ1) is 17.2. The quantitative estimate of drug-likeness (QED) is 0.723. The molecule has 0 aliphatic rings. The Bertz CT molecular complexity index is 653. The van der Waals surface area contributed by atoms with Gasteiger partial charge >= 0.3 is 6.18 Å². The topological polar surface area (TPSA) is 59.2 Å². The molecule has 2 aromatic heterocycles. The summed E-state index contributed by atoms with van der Waals surface area (Å²) in [6.45, 7) is 1.89. The Labute approximate surface area is 134 Å². The maximum atomic E-state index is 12.4. The molecule has 5 nitrogen and oxygen atoms in total. The molecule has 0 spiro atoms. The van der Waals surface area contributed by atoms with Gasteiger partial charge in [-0.2, -0.15) is 18.2 Å². The van der Waals surface area contributed by atoms with Crippen LogP contribution in [0, 0.1) is 0 Å². The molecule has 0 N–H and O–H groups in total. The molecule has 2 heterocycles. The van der Waals surface area contributed by atoms with E-state index in [4.69, 9.17) is 4.52 Å². The highest BCUT2D eigenvalue weighted by molar-refractivity contribution is 7.13. The number of amides is 1. The molecule has 0 aromatic carbocycles. The van der Waals surface area contributed by atoms with Gasteiger partial charge in [0, 0.05) is 19.4 Å². The Morgan fingerprint density at radius 3 is 2.87 bits per heavy atom. The third-order valence-electron chi connectivity index (χ3n) is 2.83. The first-order chi connectivity index (χ1) is 10.9. The fourth-order valence-corrected chi connectivity index (χ4v) is 2.51. The molecule has 0 aliphatic heterocycles. The maximum absolute atomic E-state index is 12.4. The van der Waals surface area contributed by atoms with Crippen LogP contribution in [0.3, 0.4) is 0 Å². The molecular formula is C14H14F3N3O2S. The van der Waals surface area contributed by atoms with Gasteiger partial charge in [0.15, 0.2) is 0 Å². The average Bonchev–Trinajstić information content (AvgIpc) is 3.13. The number of hydrogen-bond donors (Lipinski definition) is 0. The number of nitrogens with zero attached hydrogens (tertiary/aromatic N) is 3. The lowest BCUT2D eigenvalue weighted by Crippen LogP contribution is -2.39. The summed E-state index contributed by atoms with van der Waals surface area (Å²) in [4.78, 5) is 17.5. The molecule has 9 heteroatoms. The molecule has 0 radical (unpaired) electrons. The van der Waals surface area contributed by atoms with E-state index in [-0.39, 0.29) is 25.3 Å². The summed E-state index contributed by atoms with van der Waals surface area (Å²) in [5, 5.41) is 5.64. The van der Waals surface area contributed by atoms with Crippen molar-refractivity contribution in [2.75, 3.05) is 13.1 Å². The standard InChI is InChI=1S/C14H14F3N3O2S/c1-2-7-20(9-14(15,16)17)12(21)6-5-11-18-13(19-22-11)10-4-3-8-23-10/h2-4,8H,1,5-7,9H2. The molecule has 124 valence electrons. The van der Waals surface area contributed by atoms with Gasteiger partial charge in [-0.15, -0.1) is 17.9 Å². The van der Waals surface area contributed by atoms with Crippen LogP contribution in [0.25, 0.3) is 10.7 Å². The van der Waals surface area contributed by atoms with Crippen molar-refractivity contribution in [3.8, 4) is 10.7 Å². The van der Waals surface area contributed by atoms with Crippen LogP contribution < -0.4 is 0 Å². The molecule has 0 fully saturated rings. The number of thiophene rings is 1. The zero-order valence-electron chi connectivity index (χ0n) is 12.0. The van der Waals surface area contributed by atoms with E-state index in [9.17, 15) is 18.0 Å². The lowest BCUT2D eigenvalue weighted by molar-refractivity contribution is -0.160. The van der Waals surface area contributed by atoms with Gasteiger partial charge < -0.3 is 9.42 Å². The van der Waals surface area contributed by atoms with E-state index in [1.54, 1.807) is 0 Å². The Hall–Kier alpha value is -2.16. The first-order valence-electron chi connectivity index (χ1n) is 6.71. The highest BCUT2D eigenvalue weighted by Gasteiger charge is 2.32. The predicted molar refractivity (Wildman–Crippen MR) is 78.8 cm³/mol. The molecule has 0 aliphatic carbocycles. The van der Waals surface area contributed by atoms with Crippen LogP contribution in [0.5, 0.6) is 0 Å². The van der Waals surface area contributed by atoms with Crippen LogP contribution in [-0.2, 0) is 11.2 Å². The number of aromatic nitrogens is 2. The van der Waals surface area contributed by atoms with Crippen molar-refractivity contribution in [1.82, 2.24) is 15.0 Å². The number of hydrogen-bond acceptors (Lipinski definition) is 5. The first-order valence-corrected chi connectivity index (χ1v) is 7.59.